The second-order valence-corrected chi connectivity index (χ2v) is 7.41. The van der Waals surface area contributed by atoms with Gasteiger partial charge in [-0.2, -0.15) is 0 Å². The molecule has 29 heavy (non-hydrogen) atoms. The van der Waals surface area contributed by atoms with Gasteiger partial charge in [0.2, 0.25) is 5.89 Å². The first-order valence-corrected chi connectivity index (χ1v) is 9.68. The van der Waals surface area contributed by atoms with Gasteiger partial charge in [-0.05, 0) is 41.0 Å². The average molecular weight is 392 g/mol. The van der Waals surface area contributed by atoms with E-state index in [1.807, 2.05) is 47.4 Å². The number of amides is 1. The molecule has 0 unspecified atom stereocenters. The number of carbonyl (C=O) groups excluding carboxylic acids is 1. The highest BCUT2D eigenvalue weighted by Gasteiger charge is 2.29. The van der Waals surface area contributed by atoms with E-state index in [9.17, 15) is 4.79 Å². The van der Waals surface area contributed by atoms with Crippen LogP contribution in [-0.4, -0.2) is 35.5 Å². The number of benzene rings is 2. The van der Waals surface area contributed by atoms with Crippen LogP contribution < -0.4 is 9.47 Å². The lowest BCUT2D eigenvalue weighted by atomic mass is 10.0. The smallest absolute Gasteiger partial charge is 0.276 e. The Bertz CT molecular complexity index is 1050. The van der Waals surface area contributed by atoms with Crippen molar-refractivity contribution in [3.63, 3.8) is 0 Å². The molecular weight excluding hydrogens is 368 g/mol. The van der Waals surface area contributed by atoms with Gasteiger partial charge in [-0.3, -0.25) is 4.79 Å². The number of methoxy groups -OCH3 is 1. The van der Waals surface area contributed by atoms with E-state index in [0.717, 1.165) is 16.5 Å². The van der Waals surface area contributed by atoms with Gasteiger partial charge in [-0.25, -0.2) is 4.98 Å². The van der Waals surface area contributed by atoms with Crippen LogP contribution in [0.3, 0.4) is 0 Å². The highest BCUT2D eigenvalue weighted by molar-refractivity contribution is 5.92. The SMILES string of the molecule is COc1ccc2ccc(OCc3nc(C(=O)N4CC=C[C@H]4C(C)C)co3)cc2c1. The molecule has 3 aromatic rings. The first-order valence-electron chi connectivity index (χ1n) is 9.68. The largest absolute Gasteiger partial charge is 0.497 e. The quantitative estimate of drug-likeness (QED) is 0.580. The number of oxazole rings is 1. The van der Waals surface area contributed by atoms with Gasteiger partial charge in [0, 0.05) is 6.54 Å². The Labute approximate surface area is 169 Å². The molecule has 2 aromatic carbocycles. The summed E-state index contributed by atoms with van der Waals surface area (Å²) in [5.41, 5.74) is 0.307. The number of rotatable bonds is 6. The van der Waals surface area contributed by atoms with Crippen LogP contribution in [0.1, 0.15) is 30.2 Å². The minimum Gasteiger partial charge on any atom is -0.497 e. The second-order valence-electron chi connectivity index (χ2n) is 7.41. The van der Waals surface area contributed by atoms with E-state index in [4.69, 9.17) is 13.9 Å². The van der Waals surface area contributed by atoms with E-state index in [0.29, 0.717) is 29.8 Å². The average Bonchev–Trinajstić information content (AvgIpc) is 3.41. The van der Waals surface area contributed by atoms with Crippen molar-refractivity contribution < 1.29 is 18.7 Å². The zero-order valence-electron chi connectivity index (χ0n) is 16.8. The molecule has 0 fully saturated rings. The first-order chi connectivity index (χ1) is 14.0. The summed E-state index contributed by atoms with van der Waals surface area (Å²) in [6.07, 6.45) is 5.49. The predicted molar refractivity (Wildman–Crippen MR) is 110 cm³/mol. The van der Waals surface area contributed by atoms with Crippen LogP contribution in [0.5, 0.6) is 11.5 Å². The third-order valence-electron chi connectivity index (χ3n) is 5.09. The van der Waals surface area contributed by atoms with Crippen molar-refractivity contribution in [2.45, 2.75) is 26.5 Å². The first kappa shape index (κ1) is 19.1. The van der Waals surface area contributed by atoms with Crippen LogP contribution in [0.15, 0.2) is 59.2 Å². The van der Waals surface area contributed by atoms with Gasteiger partial charge in [0.15, 0.2) is 12.3 Å². The molecule has 6 nitrogen and oxygen atoms in total. The van der Waals surface area contributed by atoms with Crippen molar-refractivity contribution in [3.05, 3.63) is 66.4 Å². The Balaban J connectivity index is 1.43. The highest BCUT2D eigenvalue weighted by atomic mass is 16.5. The fourth-order valence-corrected chi connectivity index (χ4v) is 3.53. The Hall–Kier alpha value is -3.28. The van der Waals surface area contributed by atoms with Gasteiger partial charge in [0.1, 0.15) is 17.8 Å². The molecule has 2 heterocycles. The molecular formula is C23H24N2O4. The molecule has 150 valence electrons. The summed E-state index contributed by atoms with van der Waals surface area (Å²) >= 11 is 0. The lowest BCUT2D eigenvalue weighted by Gasteiger charge is -2.26. The molecule has 1 atom stereocenters. The minimum atomic E-state index is -0.124. The number of hydrogen-bond donors (Lipinski definition) is 0. The summed E-state index contributed by atoms with van der Waals surface area (Å²) in [6.45, 7) is 4.94. The standard InChI is InChI=1S/C23H24N2O4/c1-15(2)21-5-4-10-25(21)23(26)20-13-29-22(24-20)14-28-19-9-7-16-6-8-18(27-3)11-17(16)12-19/h4-9,11-13,15,21H,10,14H2,1-3H3/t21-/m0/s1. The van der Waals surface area contributed by atoms with Gasteiger partial charge in [-0.15, -0.1) is 0 Å². The van der Waals surface area contributed by atoms with Crippen LogP contribution in [0.4, 0.5) is 0 Å². The van der Waals surface area contributed by atoms with Gasteiger partial charge >= 0.3 is 0 Å². The summed E-state index contributed by atoms with van der Waals surface area (Å²) in [4.78, 5) is 18.9. The van der Waals surface area contributed by atoms with E-state index in [-0.39, 0.29) is 18.6 Å². The Morgan fingerprint density at radius 1 is 1.21 bits per heavy atom. The molecule has 4 rings (SSSR count). The molecule has 0 aliphatic carbocycles. The minimum absolute atomic E-state index is 0.0912. The van der Waals surface area contributed by atoms with Crippen LogP contribution in [0, 0.1) is 5.92 Å². The van der Waals surface area contributed by atoms with E-state index >= 15 is 0 Å². The van der Waals surface area contributed by atoms with Crippen LogP contribution in [0.25, 0.3) is 10.8 Å². The Morgan fingerprint density at radius 3 is 2.72 bits per heavy atom. The van der Waals surface area contributed by atoms with Crippen molar-refractivity contribution in [2.24, 2.45) is 5.92 Å². The second kappa shape index (κ2) is 7.99. The molecule has 1 aliphatic rings. The normalized spacial score (nSPS) is 16.0. The molecule has 0 radical (unpaired) electrons. The lowest BCUT2D eigenvalue weighted by Crippen LogP contribution is -2.39. The highest BCUT2D eigenvalue weighted by Crippen LogP contribution is 2.26. The Morgan fingerprint density at radius 2 is 1.97 bits per heavy atom. The maximum Gasteiger partial charge on any atom is 0.276 e. The molecule has 1 aromatic heterocycles. The zero-order chi connectivity index (χ0) is 20.4. The van der Waals surface area contributed by atoms with Crippen LogP contribution in [-0.2, 0) is 6.61 Å². The predicted octanol–water partition coefficient (Wildman–Crippen LogP) is 4.45. The van der Waals surface area contributed by atoms with Gasteiger partial charge in [0.05, 0.1) is 13.2 Å². The van der Waals surface area contributed by atoms with E-state index < -0.39 is 0 Å². The lowest BCUT2D eigenvalue weighted by molar-refractivity contribution is 0.0714. The third-order valence-corrected chi connectivity index (χ3v) is 5.09. The van der Waals surface area contributed by atoms with Crippen molar-refractivity contribution in [3.8, 4) is 11.5 Å². The topological polar surface area (TPSA) is 64.8 Å². The number of ether oxygens (including phenoxy) is 2. The summed E-state index contributed by atoms with van der Waals surface area (Å²) in [6, 6.07) is 11.8. The molecule has 1 aliphatic heterocycles. The fourth-order valence-electron chi connectivity index (χ4n) is 3.53. The van der Waals surface area contributed by atoms with Crippen molar-refractivity contribution in [2.75, 3.05) is 13.7 Å². The molecule has 0 saturated heterocycles. The van der Waals surface area contributed by atoms with Gasteiger partial charge in [-0.1, -0.05) is 38.1 Å². The number of fused-ring (bicyclic) bond motifs is 1. The van der Waals surface area contributed by atoms with Crippen molar-refractivity contribution in [1.82, 2.24) is 9.88 Å². The third kappa shape index (κ3) is 3.97. The Kier molecular flexibility index (Phi) is 5.25. The number of nitrogens with zero attached hydrogens (tertiary/aromatic N) is 2. The summed E-state index contributed by atoms with van der Waals surface area (Å²) < 4.78 is 16.6. The van der Waals surface area contributed by atoms with Gasteiger partial charge < -0.3 is 18.8 Å². The number of carbonyl (C=O) groups is 1. The molecule has 0 N–H and O–H groups in total. The zero-order valence-corrected chi connectivity index (χ0v) is 16.8. The molecule has 0 spiro atoms. The maximum absolute atomic E-state index is 12.8. The van der Waals surface area contributed by atoms with E-state index in [1.54, 1.807) is 7.11 Å². The molecule has 0 saturated carbocycles. The van der Waals surface area contributed by atoms with Crippen LogP contribution >= 0.6 is 0 Å². The molecule has 6 heteroatoms. The summed E-state index contributed by atoms with van der Waals surface area (Å²) in [5, 5.41) is 2.12. The fraction of sp³-hybridized carbons (Fsp3) is 0.304. The maximum atomic E-state index is 12.8. The van der Waals surface area contributed by atoms with Gasteiger partial charge in [0.25, 0.3) is 5.91 Å². The summed E-state index contributed by atoms with van der Waals surface area (Å²) in [5.74, 6) is 2.08. The van der Waals surface area contributed by atoms with Crippen molar-refractivity contribution in [1.29, 1.82) is 0 Å². The summed E-state index contributed by atoms with van der Waals surface area (Å²) in [7, 11) is 1.64. The van der Waals surface area contributed by atoms with E-state index in [1.165, 1.54) is 6.26 Å². The number of aromatic nitrogens is 1. The van der Waals surface area contributed by atoms with E-state index in [2.05, 4.69) is 24.9 Å². The molecule has 0 bridgehead atoms. The monoisotopic (exact) mass is 392 g/mol. The molecule has 1 amide bonds. The van der Waals surface area contributed by atoms with Crippen LogP contribution in [0.2, 0.25) is 0 Å². The van der Waals surface area contributed by atoms with Crippen molar-refractivity contribution >= 4 is 16.7 Å². The number of hydrogen-bond acceptors (Lipinski definition) is 5.